The molecule has 1 saturated heterocycles. The average molecular weight is 356 g/mol. The van der Waals surface area contributed by atoms with E-state index in [4.69, 9.17) is 10.5 Å². The Hall–Kier alpha value is -2.83. The summed E-state index contributed by atoms with van der Waals surface area (Å²) in [6, 6.07) is 7.46. The molecule has 7 nitrogen and oxygen atoms in total. The van der Waals surface area contributed by atoms with Gasteiger partial charge in [-0.05, 0) is 18.6 Å². The molecule has 1 aromatic heterocycles. The van der Waals surface area contributed by atoms with E-state index >= 15 is 0 Å². The van der Waals surface area contributed by atoms with E-state index in [1.54, 1.807) is 22.9 Å². The number of aromatic nitrogens is 2. The summed E-state index contributed by atoms with van der Waals surface area (Å²) >= 11 is 0. The maximum absolute atomic E-state index is 12.8. The summed E-state index contributed by atoms with van der Waals surface area (Å²) in [6.45, 7) is 2.76. The fourth-order valence-electron chi connectivity index (χ4n) is 3.61. The Kier molecular flexibility index (Phi) is 4.97. The van der Waals surface area contributed by atoms with Crippen LogP contribution in [0.15, 0.2) is 30.5 Å². The molecule has 0 unspecified atom stereocenters. The third-order valence-electron chi connectivity index (χ3n) is 5.24. The lowest BCUT2D eigenvalue weighted by Gasteiger charge is -2.17. The first-order valence-electron chi connectivity index (χ1n) is 8.59. The number of ether oxygens (including phenoxy) is 1. The SMILES string of the molecule is COc1ccccc1CC(=O)N1C[C@H](C(N)=O)[C@@H](c2cnn(C)c2C)C1. The molecule has 138 valence electrons. The van der Waals surface area contributed by atoms with Gasteiger partial charge in [0.15, 0.2) is 0 Å². The summed E-state index contributed by atoms with van der Waals surface area (Å²) in [7, 11) is 3.45. The molecule has 1 aliphatic heterocycles. The molecular weight excluding hydrogens is 332 g/mol. The van der Waals surface area contributed by atoms with Crippen molar-refractivity contribution >= 4 is 11.8 Å². The lowest BCUT2D eigenvalue weighted by atomic mass is 9.89. The minimum Gasteiger partial charge on any atom is -0.496 e. The van der Waals surface area contributed by atoms with Crippen molar-refractivity contribution in [3.8, 4) is 5.75 Å². The van der Waals surface area contributed by atoms with Gasteiger partial charge in [-0.25, -0.2) is 0 Å². The van der Waals surface area contributed by atoms with Gasteiger partial charge in [0.25, 0.3) is 0 Å². The molecule has 1 fully saturated rings. The number of hydrogen-bond acceptors (Lipinski definition) is 4. The highest BCUT2D eigenvalue weighted by Crippen LogP contribution is 2.34. The van der Waals surface area contributed by atoms with Crippen LogP contribution in [0.4, 0.5) is 0 Å². The smallest absolute Gasteiger partial charge is 0.227 e. The van der Waals surface area contributed by atoms with Crippen LogP contribution in [-0.2, 0) is 23.1 Å². The number of likely N-dealkylation sites (tertiary alicyclic amines) is 1. The number of primary amides is 1. The van der Waals surface area contributed by atoms with Gasteiger partial charge in [-0.1, -0.05) is 18.2 Å². The standard InChI is InChI=1S/C19H24N4O3/c1-12-14(9-21-22(12)2)15-10-23(11-16(15)19(20)25)18(24)8-13-6-4-5-7-17(13)26-3/h4-7,9,15-16H,8,10-11H2,1-3H3,(H2,20,25)/t15-,16+/m1/s1. The first-order chi connectivity index (χ1) is 12.4. The van der Waals surface area contributed by atoms with Crippen molar-refractivity contribution in [1.29, 1.82) is 0 Å². The maximum atomic E-state index is 12.8. The average Bonchev–Trinajstić information content (AvgIpc) is 3.20. The topological polar surface area (TPSA) is 90.4 Å². The lowest BCUT2D eigenvalue weighted by Crippen LogP contribution is -2.32. The highest BCUT2D eigenvalue weighted by Gasteiger charge is 2.40. The highest BCUT2D eigenvalue weighted by atomic mass is 16.5. The molecule has 0 aliphatic carbocycles. The molecule has 1 aromatic carbocycles. The van der Waals surface area contributed by atoms with Crippen LogP contribution in [0.3, 0.4) is 0 Å². The van der Waals surface area contributed by atoms with E-state index < -0.39 is 5.92 Å². The second-order valence-corrected chi connectivity index (χ2v) is 6.71. The van der Waals surface area contributed by atoms with Crippen molar-refractivity contribution in [1.82, 2.24) is 14.7 Å². The highest BCUT2D eigenvalue weighted by molar-refractivity contribution is 5.83. The third kappa shape index (κ3) is 3.29. The van der Waals surface area contributed by atoms with Gasteiger partial charge in [0.1, 0.15) is 5.75 Å². The summed E-state index contributed by atoms with van der Waals surface area (Å²) in [5.41, 5.74) is 8.41. The summed E-state index contributed by atoms with van der Waals surface area (Å²) in [5, 5.41) is 4.26. The molecule has 0 radical (unpaired) electrons. The predicted molar refractivity (Wildman–Crippen MR) is 96.6 cm³/mol. The van der Waals surface area contributed by atoms with E-state index in [2.05, 4.69) is 5.10 Å². The molecule has 26 heavy (non-hydrogen) atoms. The molecule has 3 rings (SSSR count). The minimum absolute atomic E-state index is 0.0372. The van der Waals surface area contributed by atoms with Crippen molar-refractivity contribution in [3.63, 3.8) is 0 Å². The van der Waals surface area contributed by atoms with E-state index in [0.29, 0.717) is 18.8 Å². The molecule has 0 saturated carbocycles. The molecule has 0 spiro atoms. The summed E-state index contributed by atoms with van der Waals surface area (Å²) < 4.78 is 7.09. The Balaban J connectivity index is 1.80. The second kappa shape index (κ2) is 7.19. The molecule has 2 atom stereocenters. The Morgan fingerprint density at radius 3 is 2.65 bits per heavy atom. The van der Waals surface area contributed by atoms with Gasteiger partial charge in [-0.3, -0.25) is 14.3 Å². The van der Waals surface area contributed by atoms with Gasteiger partial charge in [-0.15, -0.1) is 0 Å². The Morgan fingerprint density at radius 1 is 1.31 bits per heavy atom. The van der Waals surface area contributed by atoms with Crippen LogP contribution in [0.5, 0.6) is 5.75 Å². The van der Waals surface area contributed by atoms with E-state index in [-0.39, 0.29) is 24.2 Å². The fourth-order valence-corrected chi connectivity index (χ4v) is 3.61. The quantitative estimate of drug-likeness (QED) is 0.866. The summed E-state index contributed by atoms with van der Waals surface area (Å²) in [4.78, 5) is 26.5. The molecule has 0 bridgehead atoms. The van der Waals surface area contributed by atoms with Gasteiger partial charge in [0.2, 0.25) is 11.8 Å². The van der Waals surface area contributed by atoms with Gasteiger partial charge < -0.3 is 15.4 Å². The zero-order valence-corrected chi connectivity index (χ0v) is 15.3. The van der Waals surface area contributed by atoms with Crippen LogP contribution in [0.25, 0.3) is 0 Å². The van der Waals surface area contributed by atoms with Crippen LogP contribution in [0.1, 0.15) is 22.7 Å². The number of carbonyl (C=O) groups is 2. The number of nitrogens with two attached hydrogens (primary N) is 1. The van der Waals surface area contributed by atoms with Crippen molar-refractivity contribution in [3.05, 3.63) is 47.3 Å². The number of methoxy groups -OCH3 is 1. The predicted octanol–water partition coefficient (Wildman–Crippen LogP) is 1.01. The van der Waals surface area contributed by atoms with E-state index in [1.165, 1.54) is 0 Å². The third-order valence-corrected chi connectivity index (χ3v) is 5.24. The first kappa shape index (κ1) is 18.0. The molecular formula is C19H24N4O3. The maximum Gasteiger partial charge on any atom is 0.227 e. The largest absolute Gasteiger partial charge is 0.496 e. The second-order valence-electron chi connectivity index (χ2n) is 6.71. The van der Waals surface area contributed by atoms with Crippen LogP contribution in [-0.4, -0.2) is 46.7 Å². The van der Waals surface area contributed by atoms with Crippen molar-refractivity contribution < 1.29 is 14.3 Å². The zero-order chi connectivity index (χ0) is 18.8. The Bertz CT molecular complexity index is 830. The molecule has 2 heterocycles. The number of hydrogen-bond donors (Lipinski definition) is 1. The summed E-state index contributed by atoms with van der Waals surface area (Å²) in [6.07, 6.45) is 2.00. The van der Waals surface area contributed by atoms with E-state index in [9.17, 15) is 9.59 Å². The minimum atomic E-state index is -0.403. The van der Waals surface area contributed by atoms with Gasteiger partial charge >= 0.3 is 0 Å². The van der Waals surface area contributed by atoms with Crippen molar-refractivity contribution in [2.75, 3.05) is 20.2 Å². The zero-order valence-electron chi connectivity index (χ0n) is 15.3. The molecule has 2 aromatic rings. The number of amides is 2. The van der Waals surface area contributed by atoms with E-state index in [0.717, 1.165) is 16.8 Å². The number of aryl methyl sites for hydroxylation is 1. The molecule has 7 heteroatoms. The van der Waals surface area contributed by atoms with Gasteiger partial charge in [-0.2, -0.15) is 5.10 Å². The summed E-state index contributed by atoms with van der Waals surface area (Å²) in [5.74, 6) is -0.260. The number of rotatable bonds is 5. The first-order valence-corrected chi connectivity index (χ1v) is 8.59. The van der Waals surface area contributed by atoms with Gasteiger partial charge in [0, 0.05) is 37.3 Å². The number of carbonyl (C=O) groups excluding carboxylic acids is 2. The van der Waals surface area contributed by atoms with Crippen LogP contribution < -0.4 is 10.5 Å². The van der Waals surface area contributed by atoms with Gasteiger partial charge in [0.05, 0.1) is 25.6 Å². The Morgan fingerprint density at radius 2 is 2.04 bits per heavy atom. The molecule has 1 aliphatic rings. The normalized spacial score (nSPS) is 19.6. The Labute approximate surface area is 152 Å². The van der Waals surface area contributed by atoms with Crippen molar-refractivity contribution in [2.24, 2.45) is 18.7 Å². The number of para-hydroxylation sites is 1. The van der Waals surface area contributed by atoms with Crippen LogP contribution in [0, 0.1) is 12.8 Å². The lowest BCUT2D eigenvalue weighted by molar-refractivity contribution is -0.129. The van der Waals surface area contributed by atoms with Crippen LogP contribution in [0.2, 0.25) is 0 Å². The van der Waals surface area contributed by atoms with Crippen LogP contribution >= 0.6 is 0 Å². The fraction of sp³-hybridized carbons (Fsp3) is 0.421. The van der Waals surface area contributed by atoms with E-state index in [1.807, 2.05) is 38.2 Å². The molecule has 2 amide bonds. The molecule has 2 N–H and O–H groups in total. The number of nitrogens with zero attached hydrogens (tertiary/aromatic N) is 3. The number of benzene rings is 1. The van der Waals surface area contributed by atoms with Crippen molar-refractivity contribution in [2.45, 2.75) is 19.3 Å². The monoisotopic (exact) mass is 356 g/mol.